The number of nitrogens with one attached hydrogen (secondary N) is 2. The highest BCUT2D eigenvalue weighted by molar-refractivity contribution is 5.75. The third-order valence-electron chi connectivity index (χ3n) is 8.32. The molecule has 1 aliphatic carbocycles. The highest BCUT2D eigenvalue weighted by Gasteiger charge is 2.41. The van der Waals surface area contributed by atoms with E-state index in [-0.39, 0.29) is 6.10 Å². The van der Waals surface area contributed by atoms with E-state index < -0.39 is 5.60 Å². The van der Waals surface area contributed by atoms with E-state index in [4.69, 9.17) is 28.4 Å². The lowest BCUT2D eigenvalue weighted by Crippen LogP contribution is -2.45. The predicted molar refractivity (Wildman–Crippen MR) is 162 cm³/mol. The van der Waals surface area contributed by atoms with Gasteiger partial charge in [0.2, 0.25) is 5.75 Å². The van der Waals surface area contributed by atoms with Crippen molar-refractivity contribution in [1.29, 1.82) is 0 Å². The van der Waals surface area contributed by atoms with E-state index in [9.17, 15) is 0 Å². The fourth-order valence-corrected chi connectivity index (χ4v) is 5.72. The molecule has 2 aromatic heterocycles. The van der Waals surface area contributed by atoms with Crippen molar-refractivity contribution in [2.75, 3.05) is 68.8 Å². The monoisotopic (exact) mass is 594 g/mol. The van der Waals surface area contributed by atoms with Crippen LogP contribution in [0, 0.1) is 0 Å². The van der Waals surface area contributed by atoms with E-state index in [1.165, 1.54) is 0 Å². The van der Waals surface area contributed by atoms with Crippen LogP contribution < -0.4 is 14.2 Å². The first-order valence-corrected chi connectivity index (χ1v) is 14.3. The molecule has 0 radical (unpaired) electrons. The summed E-state index contributed by atoms with van der Waals surface area (Å²) in [7, 11) is 9.80. The average Bonchev–Trinajstić information content (AvgIpc) is 3.71. The molecule has 12 heteroatoms. The van der Waals surface area contributed by atoms with Gasteiger partial charge in [-0.1, -0.05) is 0 Å². The molecule has 0 bridgehead atoms. The summed E-state index contributed by atoms with van der Waals surface area (Å²) in [5, 5.41) is 15.5. The average molecular weight is 595 g/mol. The highest BCUT2D eigenvalue weighted by Crippen LogP contribution is 2.41. The standard InChI is InChI=1S/C31H42N6O6/c1-31(43-7)28(40-4)14-21(15-29(31)41-5)25-17-23(33-35-25)19-37-10-8-36(9-11-37)18-22-16-24(34-32-22)20-12-26(38-2)30(42-6)27(13-20)39-3/h12-17,28H,8-11,18-19H2,1-7H3,(H,32,34)(H,33,35). The Bertz CT molecular complexity index is 1430. The lowest BCUT2D eigenvalue weighted by molar-refractivity contribution is -0.0873. The van der Waals surface area contributed by atoms with Crippen molar-refractivity contribution in [3.8, 4) is 28.5 Å². The Balaban J connectivity index is 1.17. The van der Waals surface area contributed by atoms with Crippen LogP contribution in [-0.2, 0) is 27.3 Å². The fraction of sp³-hybridized carbons (Fsp3) is 0.484. The number of hydrogen-bond acceptors (Lipinski definition) is 10. The molecule has 2 atom stereocenters. The number of nitrogens with zero attached hydrogens (tertiary/aromatic N) is 4. The molecule has 1 aliphatic heterocycles. The van der Waals surface area contributed by atoms with Crippen molar-refractivity contribution < 1.29 is 28.4 Å². The lowest BCUT2D eigenvalue weighted by atomic mass is 9.87. The van der Waals surface area contributed by atoms with Gasteiger partial charge < -0.3 is 28.4 Å². The van der Waals surface area contributed by atoms with Gasteiger partial charge in [-0.05, 0) is 43.3 Å². The van der Waals surface area contributed by atoms with Gasteiger partial charge in [-0.2, -0.15) is 10.2 Å². The molecule has 232 valence electrons. The van der Waals surface area contributed by atoms with E-state index in [0.717, 1.165) is 73.2 Å². The maximum Gasteiger partial charge on any atom is 0.203 e. The maximum absolute atomic E-state index is 5.75. The van der Waals surface area contributed by atoms with Crippen LogP contribution >= 0.6 is 0 Å². The SMILES string of the molecule is COC1=CC(c2cc(CN3CCN(Cc4cc(-c5cc(OC)c(OC)c(OC)c5)n[nH]4)CC3)[nH]n2)=CC(OC)C1(C)OC. The third kappa shape index (κ3) is 6.28. The number of hydrogen-bond donors (Lipinski definition) is 2. The molecular formula is C31H42N6O6. The Hall–Kier alpha value is -3.84. The molecule has 0 spiro atoms. The number of rotatable bonds is 12. The number of ether oxygens (including phenoxy) is 6. The van der Waals surface area contributed by atoms with Gasteiger partial charge in [0.25, 0.3) is 0 Å². The molecule has 1 aromatic carbocycles. The first-order valence-electron chi connectivity index (χ1n) is 14.3. The zero-order valence-corrected chi connectivity index (χ0v) is 26.0. The van der Waals surface area contributed by atoms with Crippen LogP contribution in [0.3, 0.4) is 0 Å². The number of aromatic nitrogens is 4. The number of allylic oxidation sites excluding steroid dienone is 2. The summed E-state index contributed by atoms with van der Waals surface area (Å²) in [4.78, 5) is 4.87. The molecule has 0 saturated carbocycles. The Morgan fingerprint density at radius 2 is 1.33 bits per heavy atom. The molecule has 1 fully saturated rings. The molecule has 2 N–H and O–H groups in total. The van der Waals surface area contributed by atoms with Crippen LogP contribution in [0.15, 0.2) is 42.2 Å². The summed E-state index contributed by atoms with van der Waals surface area (Å²) in [5.74, 6) is 2.46. The second-order valence-electron chi connectivity index (χ2n) is 10.8. The summed E-state index contributed by atoms with van der Waals surface area (Å²) >= 11 is 0. The molecule has 3 heterocycles. The van der Waals surface area contributed by atoms with Gasteiger partial charge in [0, 0.05) is 76.0 Å². The highest BCUT2D eigenvalue weighted by atomic mass is 16.6. The maximum atomic E-state index is 5.75. The molecule has 3 aromatic rings. The summed E-state index contributed by atoms with van der Waals surface area (Å²) in [6, 6.07) is 7.99. The van der Waals surface area contributed by atoms with Crippen LogP contribution in [-0.4, -0.2) is 111 Å². The summed E-state index contributed by atoms with van der Waals surface area (Å²) < 4.78 is 33.6. The van der Waals surface area contributed by atoms with Gasteiger partial charge in [-0.25, -0.2) is 0 Å². The Morgan fingerprint density at radius 1 is 0.767 bits per heavy atom. The molecular weight excluding hydrogens is 552 g/mol. The minimum absolute atomic E-state index is 0.298. The third-order valence-corrected chi connectivity index (χ3v) is 8.32. The molecule has 5 rings (SSSR count). The van der Waals surface area contributed by atoms with Gasteiger partial charge in [-0.3, -0.25) is 20.0 Å². The van der Waals surface area contributed by atoms with Gasteiger partial charge >= 0.3 is 0 Å². The first kappa shape index (κ1) is 30.6. The van der Waals surface area contributed by atoms with Gasteiger partial charge in [0.05, 0.1) is 39.8 Å². The zero-order valence-electron chi connectivity index (χ0n) is 26.0. The van der Waals surface area contributed by atoms with E-state index in [2.05, 4.69) is 42.3 Å². The number of H-pyrrole nitrogens is 2. The number of piperazine rings is 1. The minimum atomic E-state index is -0.694. The number of aromatic amines is 2. The summed E-state index contributed by atoms with van der Waals surface area (Å²) in [6.45, 7) is 7.37. The van der Waals surface area contributed by atoms with Crippen molar-refractivity contribution in [3.63, 3.8) is 0 Å². The predicted octanol–water partition coefficient (Wildman–Crippen LogP) is 3.49. The fourth-order valence-electron chi connectivity index (χ4n) is 5.72. The van der Waals surface area contributed by atoms with E-state index >= 15 is 0 Å². The molecule has 0 amide bonds. The molecule has 2 unspecified atom stereocenters. The van der Waals surface area contributed by atoms with Gasteiger partial charge in [0.15, 0.2) is 17.1 Å². The summed E-state index contributed by atoms with van der Waals surface area (Å²) in [6.07, 6.45) is 3.71. The largest absolute Gasteiger partial charge is 0.498 e. The van der Waals surface area contributed by atoms with Crippen molar-refractivity contribution in [3.05, 3.63) is 59.3 Å². The van der Waals surface area contributed by atoms with E-state index in [0.29, 0.717) is 23.0 Å². The number of methoxy groups -OCH3 is 6. The van der Waals surface area contributed by atoms with Crippen LogP contribution in [0.1, 0.15) is 24.0 Å². The Morgan fingerprint density at radius 3 is 1.81 bits per heavy atom. The molecule has 1 saturated heterocycles. The van der Waals surface area contributed by atoms with E-state index in [1.807, 2.05) is 31.2 Å². The lowest BCUT2D eigenvalue weighted by Gasteiger charge is -2.37. The second-order valence-corrected chi connectivity index (χ2v) is 10.8. The van der Waals surface area contributed by atoms with Crippen LogP contribution in [0.2, 0.25) is 0 Å². The van der Waals surface area contributed by atoms with Gasteiger partial charge in [-0.15, -0.1) is 0 Å². The Kier molecular flexibility index (Phi) is 9.40. The second kappa shape index (κ2) is 13.2. The first-order chi connectivity index (χ1) is 20.8. The molecule has 2 aliphatic rings. The number of benzene rings is 1. The van der Waals surface area contributed by atoms with Crippen molar-refractivity contribution in [2.24, 2.45) is 0 Å². The normalized spacial score (nSPS) is 21.3. The van der Waals surface area contributed by atoms with Crippen LogP contribution in [0.5, 0.6) is 17.2 Å². The quantitative estimate of drug-likeness (QED) is 0.323. The van der Waals surface area contributed by atoms with Crippen molar-refractivity contribution in [2.45, 2.75) is 31.7 Å². The molecule has 12 nitrogen and oxygen atoms in total. The van der Waals surface area contributed by atoms with Gasteiger partial charge in [0.1, 0.15) is 11.9 Å². The zero-order chi connectivity index (χ0) is 30.6. The smallest absolute Gasteiger partial charge is 0.203 e. The topological polar surface area (TPSA) is 119 Å². The Labute approximate surface area is 252 Å². The van der Waals surface area contributed by atoms with E-state index in [1.54, 1.807) is 42.7 Å². The van der Waals surface area contributed by atoms with Crippen molar-refractivity contribution in [1.82, 2.24) is 30.2 Å². The van der Waals surface area contributed by atoms with Crippen LogP contribution in [0.4, 0.5) is 0 Å². The molecule has 43 heavy (non-hydrogen) atoms. The summed E-state index contributed by atoms with van der Waals surface area (Å²) in [5.41, 5.74) is 4.94. The van der Waals surface area contributed by atoms with Crippen LogP contribution in [0.25, 0.3) is 16.8 Å². The van der Waals surface area contributed by atoms with Crippen molar-refractivity contribution >= 4 is 5.57 Å². The minimum Gasteiger partial charge on any atom is -0.498 e.